The minimum atomic E-state index is 0.428. The maximum Gasteiger partial charge on any atom is 0.0710 e. The molecular weight excluding hydrogens is 254 g/mol. The molecule has 0 N–H and O–H groups in total. The van der Waals surface area contributed by atoms with Crippen molar-refractivity contribution in [2.45, 2.75) is 19.1 Å². The van der Waals surface area contributed by atoms with E-state index in [9.17, 15) is 0 Å². The van der Waals surface area contributed by atoms with Crippen LogP contribution < -0.4 is 0 Å². The van der Waals surface area contributed by atoms with Crippen LogP contribution in [0.15, 0.2) is 28.7 Å². The number of halogens is 1. The van der Waals surface area contributed by atoms with Crippen LogP contribution in [0.2, 0.25) is 0 Å². The molecule has 0 radical (unpaired) electrons. The number of hydrogen-bond acceptors (Lipinski definition) is 2. The Labute approximate surface area is 99.4 Å². The summed E-state index contributed by atoms with van der Waals surface area (Å²) in [7, 11) is 1.80. The first kappa shape index (κ1) is 11.1. The zero-order valence-electron chi connectivity index (χ0n) is 8.95. The van der Waals surface area contributed by atoms with Gasteiger partial charge in [0.2, 0.25) is 0 Å². The van der Waals surface area contributed by atoms with Crippen LogP contribution in [0.5, 0.6) is 0 Å². The Morgan fingerprint density at radius 1 is 1.53 bits per heavy atom. The Balaban J connectivity index is 1.92. The van der Waals surface area contributed by atoms with Gasteiger partial charge in [-0.2, -0.15) is 0 Å². The molecule has 0 amide bonds. The lowest BCUT2D eigenvalue weighted by Crippen LogP contribution is -2.22. The molecule has 0 aromatic heterocycles. The fourth-order valence-corrected chi connectivity index (χ4v) is 2.47. The van der Waals surface area contributed by atoms with Crippen LogP contribution in [-0.2, 0) is 11.3 Å². The normalized spacial score (nSPS) is 22.1. The van der Waals surface area contributed by atoms with Crippen LogP contribution in [0.25, 0.3) is 0 Å². The van der Waals surface area contributed by atoms with Gasteiger partial charge in [0.05, 0.1) is 6.10 Å². The largest absolute Gasteiger partial charge is 0.380 e. The third kappa shape index (κ3) is 3.03. The molecule has 1 saturated heterocycles. The molecule has 1 atom stereocenters. The van der Waals surface area contributed by atoms with Crippen LogP contribution in [0.4, 0.5) is 0 Å². The van der Waals surface area contributed by atoms with E-state index in [0.29, 0.717) is 6.10 Å². The fourth-order valence-electron chi connectivity index (χ4n) is 2.03. The lowest BCUT2D eigenvalue weighted by molar-refractivity contribution is 0.107. The Morgan fingerprint density at radius 3 is 3.07 bits per heavy atom. The van der Waals surface area contributed by atoms with Crippen LogP contribution in [0.3, 0.4) is 0 Å². The minimum Gasteiger partial charge on any atom is -0.380 e. The summed E-state index contributed by atoms with van der Waals surface area (Å²) in [6.07, 6.45) is 1.59. The smallest absolute Gasteiger partial charge is 0.0710 e. The molecule has 2 rings (SSSR count). The molecule has 0 spiro atoms. The highest BCUT2D eigenvalue weighted by molar-refractivity contribution is 9.10. The Kier molecular flexibility index (Phi) is 3.78. The van der Waals surface area contributed by atoms with Crippen molar-refractivity contribution in [1.29, 1.82) is 0 Å². The molecule has 1 aromatic carbocycles. The fraction of sp³-hybridized carbons (Fsp3) is 0.500. The minimum absolute atomic E-state index is 0.428. The van der Waals surface area contributed by atoms with E-state index in [4.69, 9.17) is 4.74 Å². The number of hydrogen-bond donors (Lipinski definition) is 0. The van der Waals surface area contributed by atoms with E-state index in [1.807, 2.05) is 0 Å². The first-order valence-electron chi connectivity index (χ1n) is 5.27. The molecule has 0 bridgehead atoms. The number of benzene rings is 1. The molecule has 2 nitrogen and oxygen atoms in total. The van der Waals surface area contributed by atoms with Crippen molar-refractivity contribution in [2.24, 2.45) is 0 Å². The molecule has 0 aliphatic carbocycles. The van der Waals surface area contributed by atoms with Gasteiger partial charge >= 0.3 is 0 Å². The zero-order valence-corrected chi connectivity index (χ0v) is 10.5. The molecule has 1 heterocycles. The van der Waals surface area contributed by atoms with Crippen molar-refractivity contribution in [1.82, 2.24) is 4.90 Å². The molecule has 1 aliphatic heterocycles. The second-order valence-electron chi connectivity index (χ2n) is 4.01. The monoisotopic (exact) mass is 269 g/mol. The first-order chi connectivity index (χ1) is 7.28. The Hall–Kier alpha value is -0.380. The van der Waals surface area contributed by atoms with Crippen LogP contribution in [0, 0.1) is 0 Å². The molecule has 1 fully saturated rings. The highest BCUT2D eigenvalue weighted by Gasteiger charge is 2.21. The molecule has 1 aliphatic rings. The second-order valence-corrected chi connectivity index (χ2v) is 4.93. The predicted molar refractivity (Wildman–Crippen MR) is 64.8 cm³/mol. The van der Waals surface area contributed by atoms with E-state index in [-0.39, 0.29) is 0 Å². The average molecular weight is 270 g/mol. The summed E-state index contributed by atoms with van der Waals surface area (Å²) in [6, 6.07) is 8.50. The van der Waals surface area contributed by atoms with Crippen LogP contribution in [0.1, 0.15) is 12.0 Å². The topological polar surface area (TPSA) is 12.5 Å². The van der Waals surface area contributed by atoms with E-state index in [2.05, 4.69) is 45.1 Å². The molecule has 82 valence electrons. The highest BCUT2D eigenvalue weighted by Crippen LogP contribution is 2.17. The van der Waals surface area contributed by atoms with Gasteiger partial charge < -0.3 is 4.74 Å². The molecule has 15 heavy (non-hydrogen) atoms. The number of methoxy groups -OCH3 is 1. The molecular formula is C12H16BrNO. The molecule has 0 saturated carbocycles. The van der Waals surface area contributed by atoms with Gasteiger partial charge in [-0.05, 0) is 24.1 Å². The third-order valence-electron chi connectivity index (χ3n) is 2.86. The van der Waals surface area contributed by atoms with Gasteiger partial charge in [0, 0.05) is 31.2 Å². The van der Waals surface area contributed by atoms with Crippen LogP contribution in [-0.4, -0.2) is 31.2 Å². The summed E-state index contributed by atoms with van der Waals surface area (Å²) in [5, 5.41) is 0. The lowest BCUT2D eigenvalue weighted by atomic mass is 10.2. The summed E-state index contributed by atoms with van der Waals surface area (Å²) in [4.78, 5) is 2.44. The molecule has 0 unspecified atom stereocenters. The Bertz CT molecular complexity index is 329. The summed E-state index contributed by atoms with van der Waals surface area (Å²) in [6.45, 7) is 3.23. The molecule has 1 aromatic rings. The first-order valence-corrected chi connectivity index (χ1v) is 6.07. The number of nitrogens with zero attached hydrogens (tertiary/aromatic N) is 1. The van der Waals surface area contributed by atoms with Gasteiger partial charge in [0.15, 0.2) is 0 Å². The Morgan fingerprint density at radius 2 is 2.40 bits per heavy atom. The van der Waals surface area contributed by atoms with Gasteiger partial charge in [-0.1, -0.05) is 28.1 Å². The predicted octanol–water partition coefficient (Wildman–Crippen LogP) is 2.67. The quantitative estimate of drug-likeness (QED) is 0.837. The van der Waals surface area contributed by atoms with E-state index in [1.165, 1.54) is 5.56 Å². The maximum atomic E-state index is 5.35. The number of rotatable bonds is 3. The number of likely N-dealkylation sites (tertiary alicyclic amines) is 1. The summed E-state index contributed by atoms with van der Waals surface area (Å²) in [5.41, 5.74) is 1.36. The summed E-state index contributed by atoms with van der Waals surface area (Å²) in [5.74, 6) is 0. The van der Waals surface area contributed by atoms with E-state index < -0.39 is 0 Å². The van der Waals surface area contributed by atoms with Gasteiger partial charge in [-0.3, -0.25) is 4.90 Å². The number of ether oxygens (including phenoxy) is 1. The van der Waals surface area contributed by atoms with Crippen molar-refractivity contribution < 1.29 is 4.74 Å². The zero-order chi connectivity index (χ0) is 10.7. The lowest BCUT2D eigenvalue weighted by Gasteiger charge is -2.15. The molecule has 3 heteroatoms. The van der Waals surface area contributed by atoms with Gasteiger partial charge in [-0.25, -0.2) is 0 Å². The summed E-state index contributed by atoms with van der Waals surface area (Å²) < 4.78 is 6.51. The van der Waals surface area contributed by atoms with Crippen LogP contribution >= 0.6 is 15.9 Å². The SMILES string of the molecule is CO[C@H]1CCN(Cc2cccc(Br)c2)C1. The van der Waals surface area contributed by atoms with E-state index >= 15 is 0 Å². The van der Waals surface area contributed by atoms with Crippen molar-refractivity contribution in [3.63, 3.8) is 0 Å². The average Bonchev–Trinajstić information content (AvgIpc) is 2.65. The maximum absolute atomic E-state index is 5.35. The van der Waals surface area contributed by atoms with Gasteiger partial charge in [-0.15, -0.1) is 0 Å². The standard InChI is InChI=1S/C12H16BrNO/c1-15-12-5-6-14(9-12)8-10-3-2-4-11(13)7-10/h2-4,7,12H,5-6,8-9H2,1H3/t12-/m0/s1. The third-order valence-corrected chi connectivity index (χ3v) is 3.35. The van der Waals surface area contributed by atoms with E-state index in [1.54, 1.807) is 7.11 Å². The summed E-state index contributed by atoms with van der Waals surface area (Å²) >= 11 is 3.49. The van der Waals surface area contributed by atoms with Gasteiger partial charge in [0.1, 0.15) is 0 Å². The van der Waals surface area contributed by atoms with Crippen molar-refractivity contribution in [3.8, 4) is 0 Å². The van der Waals surface area contributed by atoms with Crippen molar-refractivity contribution >= 4 is 15.9 Å². The van der Waals surface area contributed by atoms with E-state index in [0.717, 1.165) is 30.5 Å². The van der Waals surface area contributed by atoms with Crippen molar-refractivity contribution in [3.05, 3.63) is 34.3 Å². The highest BCUT2D eigenvalue weighted by atomic mass is 79.9. The second kappa shape index (κ2) is 5.10. The van der Waals surface area contributed by atoms with Crippen molar-refractivity contribution in [2.75, 3.05) is 20.2 Å². The van der Waals surface area contributed by atoms with Gasteiger partial charge in [0.25, 0.3) is 0 Å².